The monoisotopic (exact) mass is 641 g/mol. The number of ether oxygens (including phenoxy) is 2. The molecule has 8 nitrogen and oxygen atoms in total. The molecule has 45 heavy (non-hydrogen) atoms. The summed E-state index contributed by atoms with van der Waals surface area (Å²) >= 11 is 5.95. The molecule has 2 atom stereocenters. The smallest absolute Gasteiger partial charge is 0.274 e. The molecule has 1 fully saturated rings. The van der Waals surface area contributed by atoms with Gasteiger partial charge in [-0.1, -0.05) is 54.1 Å². The molecule has 0 radical (unpaired) electrons. The second kappa shape index (κ2) is 12.8. The van der Waals surface area contributed by atoms with E-state index < -0.39 is 22.0 Å². The van der Waals surface area contributed by atoms with Crippen LogP contribution < -0.4 is 14.2 Å². The summed E-state index contributed by atoms with van der Waals surface area (Å²) < 4.78 is 40.5. The highest BCUT2D eigenvalue weighted by molar-refractivity contribution is 7.92. The van der Waals surface area contributed by atoms with Crippen LogP contribution in [0, 0.1) is 5.92 Å². The van der Waals surface area contributed by atoms with Gasteiger partial charge in [0.25, 0.3) is 15.9 Å². The zero-order valence-electron chi connectivity index (χ0n) is 24.8. The van der Waals surface area contributed by atoms with E-state index in [2.05, 4.69) is 10.8 Å². The molecular weight excluding hydrogens is 610 g/mol. The van der Waals surface area contributed by atoms with Crippen molar-refractivity contribution in [3.8, 4) is 11.5 Å². The van der Waals surface area contributed by atoms with Crippen LogP contribution in [-0.4, -0.2) is 39.3 Å². The van der Waals surface area contributed by atoms with Gasteiger partial charge in [-0.15, -0.1) is 0 Å². The third-order valence-electron chi connectivity index (χ3n) is 8.12. The Morgan fingerprint density at radius 2 is 1.64 bits per heavy atom. The maximum absolute atomic E-state index is 14.3. The molecule has 0 saturated heterocycles. The summed E-state index contributed by atoms with van der Waals surface area (Å²) in [5.74, 6) is 0.915. The lowest BCUT2D eigenvalue weighted by molar-refractivity contribution is 0.0678. The number of hydrogen-bond acceptors (Lipinski definition) is 6. The first-order valence-corrected chi connectivity index (χ1v) is 16.4. The van der Waals surface area contributed by atoms with Gasteiger partial charge in [0.15, 0.2) is 0 Å². The molecule has 230 valence electrons. The van der Waals surface area contributed by atoms with E-state index in [-0.39, 0.29) is 16.4 Å². The summed E-state index contributed by atoms with van der Waals surface area (Å²) in [6.45, 7) is 0. The number of benzene rings is 4. The number of nitrogens with one attached hydrogen (secondary N) is 1. The van der Waals surface area contributed by atoms with E-state index in [4.69, 9.17) is 26.2 Å². The highest BCUT2D eigenvalue weighted by Crippen LogP contribution is 2.47. The number of para-hydroxylation sites is 2. The van der Waals surface area contributed by atoms with Crippen LogP contribution in [0.5, 0.6) is 11.5 Å². The summed E-state index contributed by atoms with van der Waals surface area (Å²) in [5, 5.41) is 6.97. The van der Waals surface area contributed by atoms with Gasteiger partial charge < -0.3 is 9.47 Å². The Hall–Kier alpha value is -4.60. The van der Waals surface area contributed by atoms with E-state index in [9.17, 15) is 13.2 Å². The standard InChI is InChI=1S/C35H32ClN3O5S/c1-43-31-15-5-3-9-23(31)21-24-10-8-14-30-33(24)37-39(34(30)29-13-4-6-16-32(29)44-2)35(40)25-11-7-12-28(22-25)45(41,42)38-27-19-17-26(36)18-20-27/h3-7,9,11-13,15-22,30,34,38H,8,10,14H2,1-2H3/b24-21+/t30-,34-/m1/s1. The van der Waals surface area contributed by atoms with Gasteiger partial charge in [-0.3, -0.25) is 9.52 Å². The molecule has 1 saturated carbocycles. The summed E-state index contributed by atoms with van der Waals surface area (Å²) in [5.41, 5.74) is 4.20. The number of carbonyl (C=O) groups excluding carboxylic acids is 1. The lowest BCUT2D eigenvalue weighted by Gasteiger charge is -2.30. The van der Waals surface area contributed by atoms with Gasteiger partial charge in [0.05, 0.1) is 30.9 Å². The number of rotatable bonds is 8. The first kappa shape index (κ1) is 30.4. The Bertz CT molecular complexity index is 1910. The second-order valence-corrected chi connectivity index (χ2v) is 13.0. The fraction of sp³-hybridized carbons (Fsp3) is 0.200. The Morgan fingerprint density at radius 3 is 2.40 bits per heavy atom. The molecule has 1 heterocycles. The number of hydrazone groups is 1. The Kier molecular flexibility index (Phi) is 8.65. The molecule has 0 aromatic heterocycles. The Balaban J connectivity index is 1.40. The second-order valence-electron chi connectivity index (χ2n) is 10.9. The molecule has 10 heteroatoms. The van der Waals surface area contributed by atoms with Crippen LogP contribution in [-0.2, 0) is 10.0 Å². The number of methoxy groups -OCH3 is 2. The predicted molar refractivity (Wildman–Crippen MR) is 176 cm³/mol. The number of anilines is 1. The zero-order chi connectivity index (χ0) is 31.6. The number of amides is 1. The normalized spacial score (nSPS) is 18.7. The Labute approximate surface area is 268 Å². The van der Waals surface area contributed by atoms with Crippen molar-refractivity contribution in [3.63, 3.8) is 0 Å². The van der Waals surface area contributed by atoms with Crippen LogP contribution in [0.15, 0.2) is 113 Å². The molecule has 1 N–H and O–H groups in total. The summed E-state index contributed by atoms with van der Waals surface area (Å²) in [7, 11) is -0.740. The van der Waals surface area contributed by atoms with E-state index in [0.717, 1.165) is 47.4 Å². The van der Waals surface area contributed by atoms with E-state index in [1.807, 2.05) is 48.5 Å². The number of fused-ring (bicyclic) bond motifs is 1. The van der Waals surface area contributed by atoms with Crippen LogP contribution >= 0.6 is 11.6 Å². The van der Waals surface area contributed by atoms with Gasteiger partial charge in [-0.2, -0.15) is 5.10 Å². The molecule has 0 unspecified atom stereocenters. The fourth-order valence-corrected chi connectivity index (χ4v) is 7.25. The Morgan fingerprint density at radius 1 is 0.933 bits per heavy atom. The molecular formula is C35H32ClN3O5S. The van der Waals surface area contributed by atoms with Crippen molar-refractivity contribution in [3.05, 3.63) is 124 Å². The number of sulfonamides is 1. The summed E-state index contributed by atoms with van der Waals surface area (Å²) in [4.78, 5) is 14.3. The molecule has 4 aromatic carbocycles. The van der Waals surface area contributed by atoms with Gasteiger partial charge in [-0.05, 0) is 85.5 Å². The molecule has 2 aliphatic rings. The van der Waals surface area contributed by atoms with Crippen LogP contribution in [0.2, 0.25) is 5.02 Å². The molecule has 6 rings (SSSR count). The minimum absolute atomic E-state index is 0.0434. The van der Waals surface area contributed by atoms with Crippen molar-refractivity contribution in [1.82, 2.24) is 5.01 Å². The third kappa shape index (κ3) is 6.18. The summed E-state index contributed by atoms with van der Waals surface area (Å²) in [6, 6.07) is 27.3. The van der Waals surface area contributed by atoms with Crippen LogP contribution in [0.4, 0.5) is 5.69 Å². The maximum Gasteiger partial charge on any atom is 0.274 e. The molecule has 0 spiro atoms. The van der Waals surface area contributed by atoms with Crippen LogP contribution in [0.1, 0.15) is 46.8 Å². The van der Waals surface area contributed by atoms with Gasteiger partial charge >= 0.3 is 0 Å². The van der Waals surface area contributed by atoms with Crippen molar-refractivity contribution < 1.29 is 22.7 Å². The molecule has 4 aromatic rings. The first-order valence-electron chi connectivity index (χ1n) is 14.6. The van der Waals surface area contributed by atoms with Gasteiger partial charge in [0.1, 0.15) is 11.5 Å². The van der Waals surface area contributed by atoms with E-state index >= 15 is 0 Å². The lowest BCUT2D eigenvalue weighted by Crippen LogP contribution is -2.32. The molecule has 1 amide bonds. The molecule has 0 bridgehead atoms. The SMILES string of the molecule is COc1ccccc1/C=C1\CCC[C@@H]2C1=NN(C(=O)c1cccc(S(=O)(=O)Nc3ccc(Cl)cc3)c1)[C@@H]2c1ccccc1OC. The lowest BCUT2D eigenvalue weighted by atomic mass is 9.77. The van der Waals surface area contributed by atoms with Crippen molar-refractivity contribution in [2.45, 2.75) is 30.2 Å². The highest BCUT2D eigenvalue weighted by Gasteiger charge is 2.45. The predicted octanol–water partition coefficient (Wildman–Crippen LogP) is 7.59. The topological polar surface area (TPSA) is 97.3 Å². The van der Waals surface area contributed by atoms with Crippen LogP contribution in [0.25, 0.3) is 6.08 Å². The minimum Gasteiger partial charge on any atom is -0.496 e. The van der Waals surface area contributed by atoms with Gasteiger partial charge in [0.2, 0.25) is 0 Å². The first-order chi connectivity index (χ1) is 21.8. The third-order valence-corrected chi connectivity index (χ3v) is 9.75. The van der Waals surface area contributed by atoms with E-state index in [0.29, 0.717) is 16.5 Å². The van der Waals surface area contributed by atoms with Crippen LogP contribution in [0.3, 0.4) is 0 Å². The number of halogens is 1. The zero-order valence-corrected chi connectivity index (χ0v) is 26.4. The molecule has 1 aliphatic heterocycles. The van der Waals surface area contributed by atoms with E-state index in [1.54, 1.807) is 50.6 Å². The highest BCUT2D eigenvalue weighted by atomic mass is 35.5. The quantitative estimate of drug-likeness (QED) is 0.214. The van der Waals surface area contributed by atoms with Crippen molar-refractivity contribution in [2.24, 2.45) is 11.0 Å². The van der Waals surface area contributed by atoms with Crippen molar-refractivity contribution in [2.75, 3.05) is 18.9 Å². The number of carbonyl (C=O) groups is 1. The maximum atomic E-state index is 14.3. The summed E-state index contributed by atoms with van der Waals surface area (Å²) in [6.07, 6.45) is 4.64. The van der Waals surface area contributed by atoms with E-state index in [1.165, 1.54) is 17.1 Å². The van der Waals surface area contributed by atoms with Crippen molar-refractivity contribution in [1.29, 1.82) is 0 Å². The average molecular weight is 642 g/mol. The molecule has 1 aliphatic carbocycles. The largest absolute Gasteiger partial charge is 0.496 e. The van der Waals surface area contributed by atoms with Gasteiger partial charge in [0, 0.05) is 33.3 Å². The fourth-order valence-electron chi connectivity index (χ4n) is 6.02. The number of hydrogen-bond donors (Lipinski definition) is 1. The number of nitrogens with zero attached hydrogens (tertiary/aromatic N) is 2. The van der Waals surface area contributed by atoms with Gasteiger partial charge in [-0.25, -0.2) is 13.4 Å². The van der Waals surface area contributed by atoms with Crippen molar-refractivity contribution >= 4 is 45.0 Å². The number of allylic oxidation sites excluding steroid dienone is 1. The average Bonchev–Trinajstić information content (AvgIpc) is 3.46. The minimum atomic E-state index is -3.99.